The number of benzene rings is 2. The molecular weight excluding hydrogens is 310 g/mol. The Hall–Kier alpha value is -2.75. The van der Waals surface area contributed by atoms with Gasteiger partial charge in [0.2, 0.25) is 0 Å². The molecule has 0 amide bonds. The van der Waals surface area contributed by atoms with Crippen LogP contribution in [0.1, 0.15) is 24.0 Å². The Bertz CT molecular complexity index is 881. The average Bonchev–Trinajstić information content (AvgIpc) is 2.83. The predicted molar refractivity (Wildman–Crippen MR) is 102 cm³/mol. The zero-order valence-corrected chi connectivity index (χ0v) is 14.7. The number of para-hydroxylation sites is 1. The van der Waals surface area contributed by atoms with E-state index in [1.165, 1.54) is 24.0 Å². The van der Waals surface area contributed by atoms with E-state index in [9.17, 15) is 0 Å². The van der Waals surface area contributed by atoms with Gasteiger partial charge < -0.3 is 10.1 Å². The molecule has 0 bridgehead atoms. The molecule has 0 spiro atoms. The van der Waals surface area contributed by atoms with Crippen LogP contribution < -0.4 is 10.1 Å². The molecule has 0 saturated carbocycles. The maximum absolute atomic E-state index is 5.58. The largest absolute Gasteiger partial charge is 0.496 e. The highest BCUT2D eigenvalue weighted by Crippen LogP contribution is 2.37. The smallest absolute Gasteiger partial charge is 0.133 e. The Morgan fingerprint density at radius 3 is 2.64 bits per heavy atom. The van der Waals surface area contributed by atoms with E-state index < -0.39 is 0 Å². The second-order valence-corrected chi connectivity index (χ2v) is 6.51. The minimum Gasteiger partial charge on any atom is -0.496 e. The normalized spacial score (nSPS) is 13.7. The summed E-state index contributed by atoms with van der Waals surface area (Å²) in [6.07, 6.45) is 3.37. The van der Waals surface area contributed by atoms with E-state index in [2.05, 4.69) is 42.6 Å². The summed E-state index contributed by atoms with van der Waals surface area (Å²) in [5.74, 6) is 1.98. The van der Waals surface area contributed by atoms with Crippen molar-refractivity contribution in [1.82, 2.24) is 9.78 Å². The molecule has 4 heteroatoms. The van der Waals surface area contributed by atoms with Gasteiger partial charge in [-0.15, -0.1) is 0 Å². The van der Waals surface area contributed by atoms with Crippen LogP contribution in [0.2, 0.25) is 0 Å². The second-order valence-electron chi connectivity index (χ2n) is 6.51. The molecule has 0 atom stereocenters. The van der Waals surface area contributed by atoms with E-state index in [1.54, 1.807) is 7.11 Å². The molecule has 0 saturated heterocycles. The third-order valence-electron chi connectivity index (χ3n) is 4.77. The zero-order chi connectivity index (χ0) is 17.2. The highest BCUT2D eigenvalue weighted by molar-refractivity contribution is 5.75. The van der Waals surface area contributed by atoms with Crippen molar-refractivity contribution in [3.63, 3.8) is 0 Å². The van der Waals surface area contributed by atoms with Crippen LogP contribution in [-0.2, 0) is 6.42 Å². The standard InChI is InChI=1S/C21H23N3O/c1-15-10-12-16(13-11-15)24-21-18(8-5-6-14-22-21)20(23-24)17-7-3-4-9-19(17)25-2/h3-4,7,9-13,22H,5-6,8,14H2,1-2H3. The summed E-state index contributed by atoms with van der Waals surface area (Å²) >= 11 is 0. The molecule has 0 radical (unpaired) electrons. The fourth-order valence-corrected chi connectivity index (χ4v) is 3.43. The van der Waals surface area contributed by atoms with Crippen LogP contribution in [0.3, 0.4) is 0 Å². The van der Waals surface area contributed by atoms with Gasteiger partial charge in [0, 0.05) is 17.7 Å². The van der Waals surface area contributed by atoms with Gasteiger partial charge in [0.25, 0.3) is 0 Å². The Kier molecular flexibility index (Phi) is 4.18. The Morgan fingerprint density at radius 2 is 1.84 bits per heavy atom. The lowest BCUT2D eigenvalue weighted by atomic mass is 10.0. The van der Waals surface area contributed by atoms with Crippen LogP contribution in [0, 0.1) is 6.92 Å². The molecule has 1 N–H and O–H groups in total. The number of hydrogen-bond acceptors (Lipinski definition) is 3. The average molecular weight is 333 g/mol. The van der Waals surface area contributed by atoms with Crippen LogP contribution in [0.4, 0.5) is 5.82 Å². The third kappa shape index (κ3) is 2.88. The summed E-state index contributed by atoms with van der Waals surface area (Å²) < 4.78 is 7.63. The first-order valence-corrected chi connectivity index (χ1v) is 8.84. The highest BCUT2D eigenvalue weighted by Gasteiger charge is 2.23. The summed E-state index contributed by atoms with van der Waals surface area (Å²) in [5, 5.41) is 8.58. The number of ether oxygens (including phenoxy) is 1. The molecule has 1 aliphatic rings. The number of hydrogen-bond donors (Lipinski definition) is 1. The van der Waals surface area contributed by atoms with Crippen molar-refractivity contribution >= 4 is 5.82 Å². The molecule has 1 aliphatic heterocycles. The number of rotatable bonds is 3. The van der Waals surface area contributed by atoms with Gasteiger partial charge in [-0.25, -0.2) is 4.68 Å². The summed E-state index contributed by atoms with van der Waals surface area (Å²) in [6.45, 7) is 3.09. The minimum atomic E-state index is 0.864. The molecule has 4 nitrogen and oxygen atoms in total. The predicted octanol–water partition coefficient (Wildman–Crippen LogP) is 4.60. The molecule has 128 valence electrons. The van der Waals surface area contributed by atoms with Crippen LogP contribution in [0.25, 0.3) is 16.9 Å². The minimum absolute atomic E-state index is 0.864. The summed E-state index contributed by atoms with van der Waals surface area (Å²) in [5.41, 5.74) is 5.68. The number of aromatic nitrogens is 2. The Morgan fingerprint density at radius 1 is 1.04 bits per heavy atom. The van der Waals surface area contributed by atoms with Crippen molar-refractivity contribution in [2.45, 2.75) is 26.2 Å². The molecule has 3 aromatic rings. The van der Waals surface area contributed by atoms with Crippen molar-refractivity contribution in [3.05, 3.63) is 59.7 Å². The summed E-state index contributed by atoms with van der Waals surface area (Å²) in [4.78, 5) is 0. The zero-order valence-electron chi connectivity index (χ0n) is 14.7. The van der Waals surface area contributed by atoms with Gasteiger partial charge in [-0.3, -0.25) is 0 Å². The van der Waals surface area contributed by atoms with Gasteiger partial charge in [0.05, 0.1) is 12.8 Å². The van der Waals surface area contributed by atoms with Crippen LogP contribution >= 0.6 is 0 Å². The van der Waals surface area contributed by atoms with E-state index in [4.69, 9.17) is 9.84 Å². The highest BCUT2D eigenvalue weighted by atomic mass is 16.5. The maximum Gasteiger partial charge on any atom is 0.133 e. The van der Waals surface area contributed by atoms with E-state index in [0.29, 0.717) is 0 Å². The van der Waals surface area contributed by atoms with E-state index in [1.807, 2.05) is 22.9 Å². The quantitative estimate of drug-likeness (QED) is 0.761. The number of methoxy groups -OCH3 is 1. The van der Waals surface area contributed by atoms with E-state index in [-0.39, 0.29) is 0 Å². The number of nitrogens with one attached hydrogen (secondary N) is 1. The third-order valence-corrected chi connectivity index (χ3v) is 4.77. The van der Waals surface area contributed by atoms with Gasteiger partial charge in [-0.1, -0.05) is 29.8 Å². The van der Waals surface area contributed by atoms with Crippen LogP contribution in [0.5, 0.6) is 5.75 Å². The van der Waals surface area contributed by atoms with E-state index >= 15 is 0 Å². The first kappa shape index (κ1) is 15.8. The SMILES string of the molecule is COc1ccccc1-c1nn(-c2ccc(C)cc2)c2c1CCCCN2. The topological polar surface area (TPSA) is 39.1 Å². The molecule has 4 rings (SSSR count). The molecular formula is C21H23N3O. The second kappa shape index (κ2) is 6.63. The number of nitrogens with zero attached hydrogens (tertiary/aromatic N) is 2. The van der Waals surface area contributed by atoms with Crippen LogP contribution in [0.15, 0.2) is 48.5 Å². The first-order chi connectivity index (χ1) is 12.3. The maximum atomic E-state index is 5.58. The summed E-state index contributed by atoms with van der Waals surface area (Å²) in [6, 6.07) is 16.6. The van der Waals surface area contributed by atoms with Crippen molar-refractivity contribution in [1.29, 1.82) is 0 Å². The van der Waals surface area contributed by atoms with Crippen molar-refractivity contribution in [2.24, 2.45) is 0 Å². The molecule has 1 aromatic heterocycles. The van der Waals surface area contributed by atoms with Gasteiger partial charge >= 0.3 is 0 Å². The van der Waals surface area contributed by atoms with Gasteiger partial charge in [0.15, 0.2) is 0 Å². The lowest BCUT2D eigenvalue weighted by Gasteiger charge is -2.09. The number of fused-ring (bicyclic) bond motifs is 1. The molecule has 0 fully saturated rings. The van der Waals surface area contributed by atoms with Gasteiger partial charge in [-0.05, 0) is 50.5 Å². The van der Waals surface area contributed by atoms with Gasteiger partial charge in [-0.2, -0.15) is 5.10 Å². The van der Waals surface area contributed by atoms with Crippen molar-refractivity contribution < 1.29 is 4.74 Å². The number of anilines is 1. The lowest BCUT2D eigenvalue weighted by molar-refractivity contribution is 0.416. The fourth-order valence-electron chi connectivity index (χ4n) is 3.43. The molecule has 2 aromatic carbocycles. The Labute approximate surface area is 148 Å². The van der Waals surface area contributed by atoms with Crippen molar-refractivity contribution in [2.75, 3.05) is 19.0 Å². The molecule has 2 heterocycles. The monoisotopic (exact) mass is 333 g/mol. The molecule has 0 aliphatic carbocycles. The van der Waals surface area contributed by atoms with Gasteiger partial charge in [0.1, 0.15) is 17.3 Å². The molecule has 0 unspecified atom stereocenters. The fraction of sp³-hybridized carbons (Fsp3) is 0.286. The summed E-state index contributed by atoms with van der Waals surface area (Å²) in [7, 11) is 1.72. The number of aryl methyl sites for hydroxylation is 1. The van der Waals surface area contributed by atoms with Crippen molar-refractivity contribution in [3.8, 4) is 22.7 Å². The Balaban J connectivity index is 1.92. The molecule has 25 heavy (non-hydrogen) atoms. The first-order valence-electron chi connectivity index (χ1n) is 8.84. The van der Waals surface area contributed by atoms with Crippen LogP contribution in [-0.4, -0.2) is 23.4 Å². The van der Waals surface area contributed by atoms with E-state index in [0.717, 1.165) is 41.5 Å². The lowest BCUT2D eigenvalue weighted by Crippen LogP contribution is -2.07.